The number of hydrogen-bond donors (Lipinski definition) is 1. The molecule has 88 valence electrons. The van der Waals surface area contributed by atoms with Crippen molar-refractivity contribution < 1.29 is 8.42 Å². The fraction of sp³-hybridized carbons (Fsp3) is 0.500. The lowest BCUT2D eigenvalue weighted by molar-refractivity contribution is 0.598. The number of likely N-dealkylation sites (N-methyl/N-ethyl adjacent to an activating group) is 1. The van der Waals surface area contributed by atoms with Gasteiger partial charge < -0.3 is 5.32 Å². The van der Waals surface area contributed by atoms with Gasteiger partial charge in [0.1, 0.15) is 0 Å². The molecule has 1 atom stereocenters. The second kappa shape index (κ2) is 4.18. The molecule has 3 nitrogen and oxygen atoms in total. The van der Waals surface area contributed by atoms with Gasteiger partial charge in [0, 0.05) is 0 Å². The van der Waals surface area contributed by atoms with Crippen LogP contribution in [-0.2, 0) is 16.3 Å². The zero-order chi connectivity index (χ0) is 11.8. The third-order valence-corrected chi connectivity index (χ3v) is 5.06. The van der Waals surface area contributed by atoms with E-state index in [2.05, 4.69) is 5.32 Å². The van der Waals surface area contributed by atoms with E-state index in [1.165, 1.54) is 5.56 Å². The molecule has 0 saturated carbocycles. The summed E-state index contributed by atoms with van der Waals surface area (Å²) in [5, 5.41) is 3.09. The Labute approximate surface area is 96.8 Å². The summed E-state index contributed by atoms with van der Waals surface area (Å²) in [6.45, 7) is 2.87. The molecule has 0 fully saturated rings. The monoisotopic (exact) mass is 239 g/mol. The predicted octanol–water partition coefficient (Wildman–Crippen LogP) is 1.34. The first-order valence-corrected chi connectivity index (χ1v) is 7.20. The van der Waals surface area contributed by atoms with E-state index in [0.29, 0.717) is 4.90 Å². The quantitative estimate of drug-likeness (QED) is 0.866. The van der Waals surface area contributed by atoms with Crippen molar-refractivity contribution in [3.05, 3.63) is 29.3 Å². The fourth-order valence-corrected chi connectivity index (χ4v) is 4.36. The smallest absolute Gasteiger partial charge is 0.179 e. The van der Waals surface area contributed by atoms with Crippen LogP contribution < -0.4 is 5.32 Å². The van der Waals surface area contributed by atoms with E-state index in [1.807, 2.05) is 26.1 Å². The molecular weight excluding hydrogens is 222 g/mol. The number of benzene rings is 1. The minimum atomic E-state index is -3.02. The molecule has 0 spiro atoms. The van der Waals surface area contributed by atoms with Crippen LogP contribution >= 0.6 is 0 Å². The normalized spacial score (nSPS) is 22.0. The molecule has 1 N–H and O–H groups in total. The molecule has 0 radical (unpaired) electrons. The standard InChI is InChI=1S/C12H17NO2S/c1-9-8-16(14,15)11-5-3-4-10(12(9)11)6-7-13-2/h3-5,9,13H,6-8H2,1-2H3. The van der Waals surface area contributed by atoms with Crippen molar-refractivity contribution >= 4 is 9.84 Å². The van der Waals surface area contributed by atoms with Crippen molar-refractivity contribution in [1.82, 2.24) is 5.32 Å². The number of hydrogen-bond acceptors (Lipinski definition) is 3. The summed E-state index contributed by atoms with van der Waals surface area (Å²) in [6, 6.07) is 5.62. The molecule has 2 rings (SSSR count). The first-order valence-electron chi connectivity index (χ1n) is 5.55. The van der Waals surface area contributed by atoms with Crippen LogP contribution in [0.25, 0.3) is 0 Å². The van der Waals surface area contributed by atoms with Gasteiger partial charge in [0.15, 0.2) is 9.84 Å². The van der Waals surface area contributed by atoms with E-state index < -0.39 is 9.84 Å². The van der Waals surface area contributed by atoms with Gasteiger partial charge in [-0.2, -0.15) is 0 Å². The Morgan fingerprint density at radius 1 is 1.44 bits per heavy atom. The van der Waals surface area contributed by atoms with Gasteiger partial charge in [-0.05, 0) is 43.1 Å². The molecule has 1 aliphatic heterocycles. The van der Waals surface area contributed by atoms with Gasteiger partial charge >= 0.3 is 0 Å². The minimum absolute atomic E-state index is 0.132. The zero-order valence-corrected chi connectivity index (χ0v) is 10.5. The Morgan fingerprint density at radius 3 is 2.88 bits per heavy atom. The van der Waals surface area contributed by atoms with Crippen LogP contribution in [0.1, 0.15) is 24.0 Å². The van der Waals surface area contributed by atoms with Crippen molar-refractivity contribution in [2.75, 3.05) is 19.3 Å². The Balaban J connectivity index is 2.48. The zero-order valence-electron chi connectivity index (χ0n) is 9.66. The molecule has 0 saturated heterocycles. The average molecular weight is 239 g/mol. The summed E-state index contributed by atoms with van der Waals surface area (Å²) in [5.74, 6) is 0.395. The summed E-state index contributed by atoms with van der Waals surface area (Å²) in [4.78, 5) is 0.550. The summed E-state index contributed by atoms with van der Waals surface area (Å²) in [6.07, 6.45) is 0.888. The van der Waals surface area contributed by atoms with Gasteiger partial charge in [-0.1, -0.05) is 19.1 Å². The Bertz CT molecular complexity index is 494. The summed E-state index contributed by atoms with van der Waals surface area (Å²) in [5.41, 5.74) is 2.21. The predicted molar refractivity (Wildman–Crippen MR) is 64.5 cm³/mol. The van der Waals surface area contributed by atoms with E-state index in [1.54, 1.807) is 6.07 Å². The van der Waals surface area contributed by atoms with Crippen molar-refractivity contribution in [2.24, 2.45) is 0 Å². The molecule has 0 aromatic heterocycles. The first kappa shape index (κ1) is 11.6. The maximum atomic E-state index is 11.9. The van der Waals surface area contributed by atoms with E-state index in [4.69, 9.17) is 0 Å². The molecule has 1 aromatic carbocycles. The van der Waals surface area contributed by atoms with Crippen molar-refractivity contribution in [3.63, 3.8) is 0 Å². The van der Waals surface area contributed by atoms with Crippen LogP contribution in [0.15, 0.2) is 23.1 Å². The molecule has 0 bridgehead atoms. The molecule has 1 unspecified atom stereocenters. The molecule has 1 heterocycles. The lowest BCUT2D eigenvalue weighted by Crippen LogP contribution is -2.11. The van der Waals surface area contributed by atoms with Gasteiger partial charge in [-0.25, -0.2) is 8.42 Å². The van der Waals surface area contributed by atoms with Gasteiger partial charge in [0.25, 0.3) is 0 Å². The topological polar surface area (TPSA) is 46.2 Å². The molecule has 0 aliphatic carbocycles. The molecule has 0 amide bonds. The van der Waals surface area contributed by atoms with Crippen LogP contribution in [-0.4, -0.2) is 27.8 Å². The van der Waals surface area contributed by atoms with Gasteiger partial charge in [0.05, 0.1) is 10.6 Å². The van der Waals surface area contributed by atoms with Gasteiger partial charge in [0.2, 0.25) is 0 Å². The van der Waals surface area contributed by atoms with E-state index in [0.717, 1.165) is 18.5 Å². The molecule has 1 aromatic rings. The second-order valence-corrected chi connectivity index (χ2v) is 6.37. The number of rotatable bonds is 3. The lowest BCUT2D eigenvalue weighted by Gasteiger charge is -2.10. The molecule has 4 heteroatoms. The van der Waals surface area contributed by atoms with Crippen LogP contribution in [0.3, 0.4) is 0 Å². The largest absolute Gasteiger partial charge is 0.319 e. The minimum Gasteiger partial charge on any atom is -0.319 e. The highest BCUT2D eigenvalue weighted by Gasteiger charge is 2.33. The average Bonchev–Trinajstić information content (AvgIpc) is 2.47. The third kappa shape index (κ3) is 1.87. The molecular formula is C12H17NO2S. The number of sulfone groups is 1. The van der Waals surface area contributed by atoms with Crippen LogP contribution in [0.5, 0.6) is 0 Å². The van der Waals surface area contributed by atoms with Crippen LogP contribution in [0.2, 0.25) is 0 Å². The van der Waals surface area contributed by atoms with E-state index >= 15 is 0 Å². The van der Waals surface area contributed by atoms with Crippen molar-refractivity contribution in [3.8, 4) is 0 Å². The lowest BCUT2D eigenvalue weighted by atomic mass is 9.95. The maximum Gasteiger partial charge on any atom is 0.179 e. The summed E-state index contributed by atoms with van der Waals surface area (Å²) >= 11 is 0. The van der Waals surface area contributed by atoms with Gasteiger partial charge in [-0.3, -0.25) is 0 Å². The highest BCUT2D eigenvalue weighted by molar-refractivity contribution is 7.91. The molecule has 1 aliphatic rings. The van der Waals surface area contributed by atoms with Crippen molar-refractivity contribution in [1.29, 1.82) is 0 Å². The molecule has 16 heavy (non-hydrogen) atoms. The van der Waals surface area contributed by atoms with E-state index in [9.17, 15) is 8.42 Å². The number of fused-ring (bicyclic) bond motifs is 1. The number of nitrogens with one attached hydrogen (secondary N) is 1. The Hall–Kier alpha value is -0.870. The first-order chi connectivity index (χ1) is 7.56. The SMILES string of the molecule is CNCCc1cccc2c1C(C)CS2(=O)=O. The highest BCUT2D eigenvalue weighted by atomic mass is 32.2. The van der Waals surface area contributed by atoms with E-state index in [-0.39, 0.29) is 11.7 Å². The fourth-order valence-electron chi connectivity index (χ4n) is 2.40. The van der Waals surface area contributed by atoms with Gasteiger partial charge in [-0.15, -0.1) is 0 Å². The van der Waals surface area contributed by atoms with Crippen LogP contribution in [0.4, 0.5) is 0 Å². The Kier molecular flexibility index (Phi) is 3.04. The summed E-state index contributed by atoms with van der Waals surface area (Å²) < 4.78 is 23.7. The summed E-state index contributed by atoms with van der Waals surface area (Å²) in [7, 11) is -1.12. The Morgan fingerprint density at radius 2 is 2.19 bits per heavy atom. The maximum absolute atomic E-state index is 11.9. The second-order valence-electron chi connectivity index (χ2n) is 4.36. The van der Waals surface area contributed by atoms with Crippen molar-refractivity contribution in [2.45, 2.75) is 24.2 Å². The highest BCUT2D eigenvalue weighted by Crippen LogP contribution is 2.36. The third-order valence-electron chi connectivity index (χ3n) is 3.10. The van der Waals surface area contributed by atoms with Crippen LogP contribution in [0, 0.1) is 0 Å².